The number of ether oxygens (including phenoxy) is 2. The first kappa shape index (κ1) is 28.8. The topological polar surface area (TPSA) is 18.5 Å². The number of alkyl halides is 6. The van der Waals surface area contributed by atoms with Crippen LogP contribution in [0.1, 0.15) is 88.3 Å². The molecule has 32 heavy (non-hydrogen) atoms. The van der Waals surface area contributed by atoms with E-state index in [-0.39, 0.29) is 24.0 Å². The fourth-order valence-corrected chi connectivity index (χ4v) is 4.25. The Morgan fingerprint density at radius 1 is 0.719 bits per heavy atom. The van der Waals surface area contributed by atoms with Crippen LogP contribution in [0.15, 0.2) is 18.2 Å². The zero-order chi connectivity index (χ0) is 24.4. The molecule has 8 heteroatoms. The van der Waals surface area contributed by atoms with Crippen molar-refractivity contribution in [2.24, 2.45) is 5.92 Å². The van der Waals surface area contributed by atoms with Crippen LogP contribution in [0.25, 0.3) is 0 Å². The standard InChI is InChI=1S/C24H36F6O2/c1-5-7-8-9-10-11-12-19(22(6-2,31-3)32-4)14-13-18-15-20(23(25,26)27)17-21(16-18)24(28,29)30/h15-17,19H,5-14H2,1-4H3. The van der Waals surface area contributed by atoms with Crippen LogP contribution in [0.3, 0.4) is 0 Å². The molecule has 2 nitrogen and oxygen atoms in total. The highest BCUT2D eigenvalue weighted by molar-refractivity contribution is 5.33. The molecule has 0 aliphatic carbocycles. The molecule has 1 rings (SSSR count). The van der Waals surface area contributed by atoms with Crippen molar-refractivity contribution in [1.82, 2.24) is 0 Å². The highest BCUT2D eigenvalue weighted by Crippen LogP contribution is 2.38. The number of halogens is 6. The molecule has 0 aliphatic heterocycles. The summed E-state index contributed by atoms with van der Waals surface area (Å²) < 4.78 is 90.4. The van der Waals surface area contributed by atoms with E-state index in [1.54, 1.807) is 0 Å². The molecule has 0 bridgehead atoms. The Morgan fingerprint density at radius 3 is 1.66 bits per heavy atom. The summed E-state index contributed by atoms with van der Waals surface area (Å²) >= 11 is 0. The van der Waals surface area contributed by atoms with Crippen LogP contribution in [0, 0.1) is 5.92 Å². The summed E-state index contributed by atoms with van der Waals surface area (Å²) in [5.74, 6) is -1.07. The van der Waals surface area contributed by atoms with Gasteiger partial charge in [-0.05, 0) is 49.4 Å². The molecule has 0 amide bonds. The summed E-state index contributed by atoms with van der Waals surface area (Å²) in [4.78, 5) is 0. The molecule has 1 unspecified atom stereocenters. The second-order valence-corrected chi connectivity index (χ2v) is 8.28. The van der Waals surface area contributed by atoms with Crippen LogP contribution < -0.4 is 0 Å². The second-order valence-electron chi connectivity index (χ2n) is 8.28. The molecular weight excluding hydrogens is 434 g/mol. The summed E-state index contributed by atoms with van der Waals surface area (Å²) in [7, 11) is 3.04. The number of methoxy groups -OCH3 is 2. The summed E-state index contributed by atoms with van der Waals surface area (Å²) in [6.07, 6.45) is -1.51. The van der Waals surface area contributed by atoms with E-state index >= 15 is 0 Å². The first-order valence-corrected chi connectivity index (χ1v) is 11.3. The number of hydrogen-bond donors (Lipinski definition) is 0. The van der Waals surface area contributed by atoms with E-state index in [1.807, 2.05) is 6.92 Å². The van der Waals surface area contributed by atoms with Crippen LogP contribution in [-0.2, 0) is 28.2 Å². The Kier molecular flexibility index (Phi) is 11.5. The number of hydrogen-bond acceptors (Lipinski definition) is 2. The smallest absolute Gasteiger partial charge is 0.353 e. The monoisotopic (exact) mass is 470 g/mol. The van der Waals surface area contributed by atoms with Gasteiger partial charge in [0.1, 0.15) is 0 Å². The minimum absolute atomic E-state index is 0.0114. The lowest BCUT2D eigenvalue weighted by Crippen LogP contribution is -2.41. The molecule has 0 fully saturated rings. The first-order chi connectivity index (χ1) is 14.9. The maximum absolute atomic E-state index is 13.2. The molecule has 0 saturated heterocycles. The van der Waals surface area contributed by atoms with Gasteiger partial charge in [0.25, 0.3) is 0 Å². The van der Waals surface area contributed by atoms with Crippen LogP contribution in [0.5, 0.6) is 0 Å². The zero-order valence-corrected chi connectivity index (χ0v) is 19.5. The molecular formula is C24H36F6O2. The zero-order valence-electron chi connectivity index (χ0n) is 19.5. The number of rotatable bonds is 14. The van der Waals surface area contributed by atoms with Gasteiger partial charge < -0.3 is 9.47 Å². The predicted molar refractivity (Wildman–Crippen MR) is 113 cm³/mol. The van der Waals surface area contributed by atoms with Crippen LogP contribution >= 0.6 is 0 Å². The van der Waals surface area contributed by atoms with E-state index in [0.717, 1.165) is 50.7 Å². The molecule has 186 valence electrons. The van der Waals surface area contributed by atoms with Crippen molar-refractivity contribution < 1.29 is 35.8 Å². The third-order valence-electron chi connectivity index (χ3n) is 6.14. The Balaban J connectivity index is 3.04. The average Bonchev–Trinajstić information content (AvgIpc) is 2.73. The minimum Gasteiger partial charge on any atom is -0.353 e. The van der Waals surface area contributed by atoms with Crippen LogP contribution in [-0.4, -0.2) is 20.0 Å². The molecule has 1 aromatic carbocycles. The van der Waals surface area contributed by atoms with Crippen molar-refractivity contribution in [2.45, 2.75) is 96.2 Å². The van der Waals surface area contributed by atoms with E-state index in [9.17, 15) is 26.3 Å². The lowest BCUT2D eigenvalue weighted by molar-refractivity contribution is -0.244. The molecule has 0 heterocycles. The average molecular weight is 471 g/mol. The van der Waals surface area contributed by atoms with Crippen LogP contribution in [0.2, 0.25) is 0 Å². The fraction of sp³-hybridized carbons (Fsp3) is 0.750. The summed E-state index contributed by atoms with van der Waals surface area (Å²) in [5.41, 5.74) is -2.55. The van der Waals surface area contributed by atoms with Gasteiger partial charge in [0, 0.05) is 20.1 Å². The van der Waals surface area contributed by atoms with Gasteiger partial charge >= 0.3 is 12.4 Å². The van der Waals surface area contributed by atoms with Crippen molar-refractivity contribution in [3.63, 3.8) is 0 Å². The van der Waals surface area contributed by atoms with Crippen molar-refractivity contribution in [2.75, 3.05) is 14.2 Å². The number of aryl methyl sites for hydroxylation is 1. The fourth-order valence-electron chi connectivity index (χ4n) is 4.25. The van der Waals surface area contributed by atoms with Gasteiger partial charge in [-0.2, -0.15) is 26.3 Å². The Hall–Kier alpha value is -1.28. The molecule has 0 N–H and O–H groups in total. The Labute approximate surface area is 187 Å². The third kappa shape index (κ3) is 8.58. The maximum atomic E-state index is 13.2. The Morgan fingerprint density at radius 2 is 1.22 bits per heavy atom. The molecule has 0 radical (unpaired) electrons. The second kappa shape index (κ2) is 12.8. The van der Waals surface area contributed by atoms with Crippen molar-refractivity contribution in [3.05, 3.63) is 34.9 Å². The molecule has 0 spiro atoms. The molecule has 1 aromatic rings. The highest BCUT2D eigenvalue weighted by atomic mass is 19.4. The summed E-state index contributed by atoms with van der Waals surface area (Å²) in [6.45, 7) is 4.04. The number of unbranched alkanes of at least 4 members (excludes halogenated alkanes) is 5. The van der Waals surface area contributed by atoms with Gasteiger partial charge in [-0.15, -0.1) is 0 Å². The van der Waals surface area contributed by atoms with E-state index in [1.165, 1.54) is 20.6 Å². The maximum Gasteiger partial charge on any atom is 0.416 e. The van der Waals surface area contributed by atoms with Gasteiger partial charge in [-0.3, -0.25) is 0 Å². The van der Waals surface area contributed by atoms with Crippen molar-refractivity contribution >= 4 is 0 Å². The van der Waals surface area contributed by atoms with E-state index in [0.29, 0.717) is 12.8 Å². The van der Waals surface area contributed by atoms with Gasteiger partial charge in [-0.25, -0.2) is 0 Å². The van der Waals surface area contributed by atoms with Gasteiger partial charge in [0.15, 0.2) is 5.79 Å². The largest absolute Gasteiger partial charge is 0.416 e. The molecule has 1 atom stereocenters. The molecule has 0 aliphatic rings. The minimum atomic E-state index is -4.85. The predicted octanol–water partition coefficient (Wildman–Crippen LogP) is 8.42. The van der Waals surface area contributed by atoms with Gasteiger partial charge in [0.2, 0.25) is 0 Å². The van der Waals surface area contributed by atoms with Crippen molar-refractivity contribution in [3.8, 4) is 0 Å². The van der Waals surface area contributed by atoms with E-state index in [2.05, 4.69) is 6.92 Å². The molecule has 0 saturated carbocycles. The third-order valence-corrected chi connectivity index (χ3v) is 6.14. The van der Waals surface area contributed by atoms with E-state index < -0.39 is 29.3 Å². The Bertz CT molecular complexity index is 625. The quantitative estimate of drug-likeness (QED) is 0.154. The summed E-state index contributed by atoms with van der Waals surface area (Å²) in [6, 6.07) is 1.78. The summed E-state index contributed by atoms with van der Waals surface area (Å²) in [5, 5.41) is 0. The highest BCUT2D eigenvalue weighted by Gasteiger charge is 2.39. The molecule has 0 aromatic heterocycles. The van der Waals surface area contributed by atoms with Gasteiger partial charge in [-0.1, -0.05) is 52.4 Å². The lowest BCUT2D eigenvalue weighted by Gasteiger charge is -2.38. The SMILES string of the molecule is CCCCCCCCC(CCc1cc(C(F)(F)F)cc(C(F)(F)F)c1)C(CC)(OC)OC. The normalized spacial score (nSPS) is 14.1. The van der Waals surface area contributed by atoms with E-state index in [4.69, 9.17) is 9.47 Å². The lowest BCUT2D eigenvalue weighted by atomic mass is 9.84. The van der Waals surface area contributed by atoms with Crippen LogP contribution in [0.4, 0.5) is 26.3 Å². The number of benzene rings is 1. The van der Waals surface area contributed by atoms with Gasteiger partial charge in [0.05, 0.1) is 11.1 Å². The first-order valence-electron chi connectivity index (χ1n) is 11.3. The van der Waals surface area contributed by atoms with Crippen molar-refractivity contribution in [1.29, 1.82) is 0 Å².